The van der Waals surface area contributed by atoms with Gasteiger partial charge >= 0.3 is 0 Å². The number of nitrogens with zero attached hydrogens (tertiary/aromatic N) is 1. The molecule has 20 heavy (non-hydrogen) atoms. The van der Waals surface area contributed by atoms with E-state index in [0.29, 0.717) is 38.8 Å². The summed E-state index contributed by atoms with van der Waals surface area (Å²) >= 11 is 0. The molecule has 0 fully saturated rings. The topological polar surface area (TPSA) is 67.9 Å². The summed E-state index contributed by atoms with van der Waals surface area (Å²) in [5.41, 5.74) is 0. The fourth-order valence-corrected chi connectivity index (χ4v) is 3.61. The first-order valence-electron chi connectivity index (χ1n) is 7.06. The lowest BCUT2D eigenvalue weighted by Crippen LogP contribution is -2.44. The first-order valence-corrected chi connectivity index (χ1v) is 8.66. The zero-order chi connectivity index (χ0) is 15.6. The van der Waals surface area contributed by atoms with Gasteiger partial charge < -0.3 is 14.8 Å². The van der Waals surface area contributed by atoms with Crippen molar-refractivity contribution in [3.05, 3.63) is 0 Å². The third kappa shape index (κ3) is 8.16. The normalized spacial score (nSPS) is 14.2. The lowest BCUT2D eigenvalue weighted by molar-refractivity contribution is 0.119. The van der Waals surface area contributed by atoms with E-state index in [9.17, 15) is 8.42 Å². The Morgan fingerprint density at radius 3 is 2.30 bits per heavy atom. The molecule has 0 spiro atoms. The molecule has 0 radical (unpaired) electrons. The van der Waals surface area contributed by atoms with E-state index in [1.165, 1.54) is 4.31 Å². The fraction of sp³-hybridized carbons (Fsp3) is 1.00. The molecule has 0 aromatic rings. The lowest BCUT2D eigenvalue weighted by Gasteiger charge is -2.27. The quantitative estimate of drug-likeness (QED) is 0.537. The van der Waals surface area contributed by atoms with Gasteiger partial charge in [-0.15, -0.1) is 0 Å². The number of ether oxygens (including phenoxy) is 2. The van der Waals surface area contributed by atoms with E-state index >= 15 is 0 Å². The second-order valence-electron chi connectivity index (χ2n) is 5.19. The maximum absolute atomic E-state index is 12.4. The van der Waals surface area contributed by atoms with Crippen LogP contribution < -0.4 is 5.32 Å². The zero-order valence-electron chi connectivity index (χ0n) is 13.4. The van der Waals surface area contributed by atoms with Crippen molar-refractivity contribution in [1.29, 1.82) is 0 Å². The van der Waals surface area contributed by atoms with Gasteiger partial charge in [-0.05, 0) is 19.9 Å². The highest BCUT2D eigenvalue weighted by atomic mass is 32.2. The first-order chi connectivity index (χ1) is 9.35. The van der Waals surface area contributed by atoms with Gasteiger partial charge in [-0.3, -0.25) is 0 Å². The number of hydrogen-bond acceptors (Lipinski definition) is 5. The van der Waals surface area contributed by atoms with Crippen molar-refractivity contribution in [3.8, 4) is 0 Å². The maximum Gasteiger partial charge on any atom is 0.214 e. The van der Waals surface area contributed by atoms with Crippen LogP contribution in [-0.2, 0) is 19.5 Å². The van der Waals surface area contributed by atoms with Gasteiger partial charge in [0.2, 0.25) is 10.0 Å². The van der Waals surface area contributed by atoms with Crippen molar-refractivity contribution in [1.82, 2.24) is 9.62 Å². The summed E-state index contributed by atoms with van der Waals surface area (Å²) in [5, 5.41) is 3.22. The molecule has 0 aromatic heterocycles. The van der Waals surface area contributed by atoms with Crippen LogP contribution in [0.25, 0.3) is 0 Å². The molecule has 0 aliphatic carbocycles. The molecule has 0 bridgehead atoms. The molecule has 1 unspecified atom stereocenters. The molecule has 0 aliphatic rings. The van der Waals surface area contributed by atoms with Gasteiger partial charge in [0.1, 0.15) is 0 Å². The lowest BCUT2D eigenvalue weighted by atomic mass is 10.3. The molecule has 7 heteroatoms. The summed E-state index contributed by atoms with van der Waals surface area (Å²) in [6, 6.07) is 0.188. The predicted molar refractivity (Wildman–Crippen MR) is 81.5 cm³/mol. The molecule has 0 aromatic carbocycles. The van der Waals surface area contributed by atoms with Crippen LogP contribution in [0, 0.1) is 0 Å². The SMILES string of the molecule is COCCN(C(C)COC)S(=O)(=O)CCCNC(C)C. The van der Waals surface area contributed by atoms with E-state index in [1.807, 2.05) is 20.8 Å². The van der Waals surface area contributed by atoms with E-state index in [0.717, 1.165) is 0 Å². The molecular formula is C13H30N2O4S. The summed E-state index contributed by atoms with van der Waals surface area (Å²) in [7, 11) is -0.139. The highest BCUT2D eigenvalue weighted by Crippen LogP contribution is 2.09. The van der Waals surface area contributed by atoms with Gasteiger partial charge in [0.15, 0.2) is 0 Å². The van der Waals surface area contributed by atoms with Gasteiger partial charge in [-0.25, -0.2) is 8.42 Å². The average Bonchev–Trinajstić information content (AvgIpc) is 2.35. The summed E-state index contributed by atoms with van der Waals surface area (Å²) in [6.45, 7) is 7.77. The van der Waals surface area contributed by atoms with E-state index in [1.54, 1.807) is 14.2 Å². The standard InChI is InChI=1S/C13H30N2O4S/c1-12(2)14-7-6-10-20(16,17)15(8-9-18-4)13(3)11-19-5/h12-14H,6-11H2,1-5H3. The molecule has 0 heterocycles. The van der Waals surface area contributed by atoms with Crippen LogP contribution >= 0.6 is 0 Å². The first kappa shape index (κ1) is 19.8. The number of hydrogen-bond donors (Lipinski definition) is 1. The van der Waals surface area contributed by atoms with Crippen LogP contribution in [0.2, 0.25) is 0 Å². The predicted octanol–water partition coefficient (Wildman–Crippen LogP) is 0.688. The monoisotopic (exact) mass is 310 g/mol. The Hall–Kier alpha value is -0.210. The third-order valence-corrected chi connectivity index (χ3v) is 4.97. The van der Waals surface area contributed by atoms with Crippen molar-refractivity contribution < 1.29 is 17.9 Å². The smallest absolute Gasteiger partial charge is 0.214 e. The Balaban J connectivity index is 4.51. The number of sulfonamides is 1. The Bertz CT molecular complexity index is 333. The molecule has 0 saturated carbocycles. The number of nitrogens with one attached hydrogen (secondary N) is 1. The van der Waals surface area contributed by atoms with Gasteiger partial charge in [-0.1, -0.05) is 13.8 Å². The van der Waals surface area contributed by atoms with Crippen LogP contribution in [0.4, 0.5) is 0 Å². The molecule has 0 rings (SSSR count). The molecule has 1 atom stereocenters. The minimum absolute atomic E-state index is 0.143. The maximum atomic E-state index is 12.4. The minimum atomic E-state index is -3.28. The molecule has 0 saturated heterocycles. The highest BCUT2D eigenvalue weighted by molar-refractivity contribution is 7.89. The molecule has 6 nitrogen and oxygen atoms in total. The molecule has 122 valence electrons. The van der Waals surface area contributed by atoms with Crippen molar-refractivity contribution in [3.63, 3.8) is 0 Å². The van der Waals surface area contributed by atoms with Gasteiger partial charge in [0.25, 0.3) is 0 Å². The minimum Gasteiger partial charge on any atom is -0.383 e. The second kappa shape index (κ2) is 10.5. The Morgan fingerprint density at radius 2 is 1.80 bits per heavy atom. The zero-order valence-corrected chi connectivity index (χ0v) is 14.2. The summed E-state index contributed by atoms with van der Waals surface area (Å²) in [5.74, 6) is 0.143. The summed E-state index contributed by atoms with van der Waals surface area (Å²) in [6.07, 6.45) is 0.601. The average molecular weight is 310 g/mol. The van der Waals surface area contributed by atoms with Gasteiger partial charge in [0.05, 0.1) is 19.0 Å². The summed E-state index contributed by atoms with van der Waals surface area (Å²) < 4.78 is 36.3. The summed E-state index contributed by atoms with van der Waals surface area (Å²) in [4.78, 5) is 0. The number of rotatable bonds is 12. The second-order valence-corrected chi connectivity index (χ2v) is 7.23. The Kier molecular flexibility index (Phi) is 10.4. The van der Waals surface area contributed by atoms with E-state index < -0.39 is 10.0 Å². The largest absolute Gasteiger partial charge is 0.383 e. The van der Waals surface area contributed by atoms with Crippen LogP contribution in [-0.4, -0.2) is 71.1 Å². The molecule has 1 N–H and O–H groups in total. The fourth-order valence-electron chi connectivity index (χ4n) is 1.90. The van der Waals surface area contributed by atoms with Crippen LogP contribution in [0.15, 0.2) is 0 Å². The molecule has 0 amide bonds. The highest BCUT2D eigenvalue weighted by Gasteiger charge is 2.26. The van der Waals surface area contributed by atoms with Crippen molar-refractivity contribution in [2.75, 3.05) is 46.3 Å². The van der Waals surface area contributed by atoms with Crippen LogP contribution in [0.3, 0.4) is 0 Å². The van der Waals surface area contributed by atoms with Crippen molar-refractivity contribution in [2.45, 2.75) is 39.3 Å². The number of methoxy groups -OCH3 is 2. The van der Waals surface area contributed by atoms with Gasteiger partial charge in [0, 0.05) is 32.8 Å². The van der Waals surface area contributed by atoms with Crippen LogP contribution in [0.5, 0.6) is 0 Å². The molecule has 0 aliphatic heterocycles. The molecular weight excluding hydrogens is 280 g/mol. The van der Waals surface area contributed by atoms with Crippen molar-refractivity contribution >= 4 is 10.0 Å². The Morgan fingerprint density at radius 1 is 1.15 bits per heavy atom. The van der Waals surface area contributed by atoms with E-state index in [-0.39, 0.29) is 11.8 Å². The van der Waals surface area contributed by atoms with Gasteiger partial charge in [-0.2, -0.15) is 4.31 Å². The third-order valence-electron chi connectivity index (χ3n) is 2.90. The van der Waals surface area contributed by atoms with E-state index in [4.69, 9.17) is 9.47 Å². The van der Waals surface area contributed by atoms with E-state index in [2.05, 4.69) is 5.32 Å². The Labute approximate surface area is 123 Å². The van der Waals surface area contributed by atoms with Crippen molar-refractivity contribution in [2.24, 2.45) is 0 Å². The van der Waals surface area contributed by atoms with Crippen LogP contribution in [0.1, 0.15) is 27.2 Å².